The Morgan fingerprint density at radius 1 is 0.800 bits per heavy atom. The van der Waals surface area contributed by atoms with Gasteiger partial charge in [-0.3, -0.25) is 4.79 Å². The van der Waals surface area contributed by atoms with E-state index in [4.69, 9.17) is 0 Å². The summed E-state index contributed by atoms with van der Waals surface area (Å²) in [5.74, 6) is -1.87. The number of fused-ring (bicyclic) bond motifs is 1. The van der Waals surface area contributed by atoms with Crippen molar-refractivity contribution in [2.75, 3.05) is 0 Å². The fraction of sp³-hybridized carbons (Fsp3) is 0. The number of hydrogen-bond acceptors (Lipinski definition) is 1. The van der Waals surface area contributed by atoms with Crippen molar-refractivity contribution in [2.45, 2.75) is 0 Å². The molecule has 0 atom stereocenters. The first-order valence-corrected chi connectivity index (χ1v) is 6.14. The van der Waals surface area contributed by atoms with Crippen LogP contribution in [-0.2, 0) is 0 Å². The number of hydrogen-bond donors (Lipinski definition) is 0. The zero-order valence-corrected chi connectivity index (χ0v) is 10.4. The van der Waals surface area contributed by atoms with Crippen LogP contribution in [0.1, 0.15) is 15.9 Å². The molecule has 0 amide bonds. The lowest BCUT2D eigenvalue weighted by atomic mass is 9.99. The number of rotatable bonds is 2. The van der Waals surface area contributed by atoms with Gasteiger partial charge in [-0.15, -0.1) is 0 Å². The van der Waals surface area contributed by atoms with Gasteiger partial charge in [0.05, 0.1) is 5.56 Å². The highest BCUT2D eigenvalue weighted by Crippen LogP contribution is 2.20. The molecule has 0 aliphatic rings. The van der Waals surface area contributed by atoms with Crippen molar-refractivity contribution in [1.29, 1.82) is 0 Å². The summed E-state index contributed by atoms with van der Waals surface area (Å²) in [4.78, 5) is 12.3. The number of carbonyl (C=O) groups excluding carboxylic acids is 1. The number of halogens is 2. The molecule has 3 aromatic rings. The molecule has 0 aliphatic heterocycles. The fourth-order valence-corrected chi connectivity index (χ4v) is 2.16. The molecule has 0 aliphatic carbocycles. The topological polar surface area (TPSA) is 17.1 Å². The van der Waals surface area contributed by atoms with Gasteiger partial charge in [0.15, 0.2) is 5.78 Å². The van der Waals surface area contributed by atoms with Gasteiger partial charge < -0.3 is 0 Å². The second kappa shape index (κ2) is 4.85. The van der Waals surface area contributed by atoms with Crippen LogP contribution in [0.2, 0.25) is 0 Å². The van der Waals surface area contributed by atoms with Crippen LogP contribution in [-0.4, -0.2) is 5.78 Å². The van der Waals surface area contributed by atoms with E-state index in [1.807, 2.05) is 24.3 Å². The van der Waals surface area contributed by atoms with Crippen LogP contribution in [0.15, 0.2) is 60.7 Å². The smallest absolute Gasteiger partial charge is 0.196 e. The highest BCUT2D eigenvalue weighted by Gasteiger charge is 2.15. The lowest BCUT2D eigenvalue weighted by molar-refractivity contribution is 0.103. The lowest BCUT2D eigenvalue weighted by Gasteiger charge is -2.05. The van der Waals surface area contributed by atoms with Gasteiger partial charge >= 0.3 is 0 Å². The van der Waals surface area contributed by atoms with Gasteiger partial charge in [0, 0.05) is 5.56 Å². The summed E-state index contributed by atoms with van der Waals surface area (Å²) >= 11 is 0. The molecule has 0 saturated heterocycles. The van der Waals surface area contributed by atoms with Gasteiger partial charge in [0.25, 0.3) is 0 Å². The minimum Gasteiger partial charge on any atom is -0.288 e. The van der Waals surface area contributed by atoms with Crippen LogP contribution < -0.4 is 0 Å². The van der Waals surface area contributed by atoms with E-state index < -0.39 is 17.4 Å². The number of ketones is 1. The summed E-state index contributed by atoms with van der Waals surface area (Å²) in [7, 11) is 0. The molecule has 0 spiro atoms. The predicted octanol–water partition coefficient (Wildman–Crippen LogP) is 4.35. The Labute approximate surface area is 114 Å². The molecule has 3 rings (SSSR count). The Bertz CT molecular complexity index is 809. The van der Waals surface area contributed by atoms with E-state index in [0.29, 0.717) is 5.56 Å². The first-order valence-electron chi connectivity index (χ1n) is 6.14. The van der Waals surface area contributed by atoms with Crippen molar-refractivity contribution in [1.82, 2.24) is 0 Å². The van der Waals surface area contributed by atoms with Crippen molar-refractivity contribution in [3.05, 3.63) is 83.4 Å². The molecule has 1 nitrogen and oxygen atoms in total. The SMILES string of the molecule is O=C(c1ccc2ccccc2c1)c1cc(F)ccc1F. The average molecular weight is 268 g/mol. The van der Waals surface area contributed by atoms with Crippen molar-refractivity contribution < 1.29 is 13.6 Å². The average Bonchev–Trinajstić information content (AvgIpc) is 2.48. The van der Waals surface area contributed by atoms with Crippen molar-refractivity contribution in [2.24, 2.45) is 0 Å². The molecule has 0 saturated carbocycles. The Hall–Kier alpha value is -2.55. The van der Waals surface area contributed by atoms with Crippen LogP contribution in [0, 0.1) is 11.6 Å². The number of carbonyl (C=O) groups is 1. The summed E-state index contributed by atoms with van der Waals surface area (Å²) in [6.45, 7) is 0. The van der Waals surface area contributed by atoms with E-state index in [2.05, 4.69) is 0 Å². The van der Waals surface area contributed by atoms with Gasteiger partial charge in [-0.1, -0.05) is 36.4 Å². The third-order valence-electron chi connectivity index (χ3n) is 3.18. The minimum atomic E-state index is -0.718. The highest BCUT2D eigenvalue weighted by atomic mass is 19.1. The molecule has 0 bridgehead atoms. The van der Waals surface area contributed by atoms with E-state index in [1.165, 1.54) is 0 Å². The molecule has 0 aromatic heterocycles. The maximum Gasteiger partial charge on any atom is 0.196 e. The van der Waals surface area contributed by atoms with Gasteiger partial charge in [0.2, 0.25) is 0 Å². The quantitative estimate of drug-likeness (QED) is 0.631. The third-order valence-corrected chi connectivity index (χ3v) is 3.18. The normalized spacial score (nSPS) is 10.7. The van der Waals surface area contributed by atoms with E-state index in [-0.39, 0.29) is 5.56 Å². The molecular formula is C17H10F2O. The van der Waals surface area contributed by atoms with E-state index in [0.717, 1.165) is 29.0 Å². The maximum atomic E-state index is 13.6. The highest BCUT2D eigenvalue weighted by molar-refractivity contribution is 6.10. The lowest BCUT2D eigenvalue weighted by Crippen LogP contribution is -2.04. The van der Waals surface area contributed by atoms with Gasteiger partial charge in [-0.25, -0.2) is 8.78 Å². The molecule has 0 heterocycles. The van der Waals surface area contributed by atoms with Crippen LogP contribution in [0.4, 0.5) is 8.78 Å². The van der Waals surface area contributed by atoms with E-state index in [9.17, 15) is 13.6 Å². The minimum absolute atomic E-state index is 0.250. The van der Waals surface area contributed by atoms with E-state index >= 15 is 0 Å². The predicted molar refractivity (Wildman–Crippen MR) is 73.7 cm³/mol. The molecule has 0 fully saturated rings. The molecule has 3 aromatic carbocycles. The second-order valence-corrected chi connectivity index (χ2v) is 4.52. The van der Waals surface area contributed by atoms with Crippen molar-refractivity contribution in [3.8, 4) is 0 Å². The largest absolute Gasteiger partial charge is 0.288 e. The molecule has 0 unspecified atom stereocenters. The van der Waals surface area contributed by atoms with E-state index in [1.54, 1.807) is 18.2 Å². The Morgan fingerprint density at radius 3 is 2.35 bits per heavy atom. The molecule has 3 heteroatoms. The Balaban J connectivity index is 2.10. The summed E-state index contributed by atoms with van der Waals surface area (Å²) in [5.41, 5.74) is 0.0912. The third kappa shape index (κ3) is 2.18. The first kappa shape index (κ1) is 12.5. The zero-order chi connectivity index (χ0) is 14.1. The summed E-state index contributed by atoms with van der Waals surface area (Å²) in [5, 5.41) is 1.87. The Kier molecular flexibility index (Phi) is 3.03. The van der Waals surface area contributed by atoms with Gasteiger partial charge in [-0.05, 0) is 35.0 Å². The molecule has 98 valence electrons. The van der Waals surface area contributed by atoms with Gasteiger partial charge in [0.1, 0.15) is 11.6 Å². The molecular weight excluding hydrogens is 258 g/mol. The van der Waals surface area contributed by atoms with Gasteiger partial charge in [-0.2, -0.15) is 0 Å². The first-order chi connectivity index (χ1) is 9.65. The van der Waals surface area contributed by atoms with Crippen LogP contribution in [0.5, 0.6) is 0 Å². The number of benzene rings is 3. The molecule has 20 heavy (non-hydrogen) atoms. The van der Waals surface area contributed by atoms with Crippen LogP contribution in [0.3, 0.4) is 0 Å². The van der Waals surface area contributed by atoms with Crippen LogP contribution in [0.25, 0.3) is 10.8 Å². The molecule has 0 N–H and O–H groups in total. The second-order valence-electron chi connectivity index (χ2n) is 4.52. The van der Waals surface area contributed by atoms with Crippen molar-refractivity contribution >= 4 is 16.6 Å². The van der Waals surface area contributed by atoms with Crippen LogP contribution >= 0.6 is 0 Å². The molecule has 0 radical (unpaired) electrons. The monoisotopic (exact) mass is 268 g/mol. The zero-order valence-electron chi connectivity index (χ0n) is 10.4. The summed E-state index contributed by atoms with van der Waals surface area (Å²) < 4.78 is 26.8. The summed E-state index contributed by atoms with van der Waals surface area (Å²) in [6, 6.07) is 15.5. The van der Waals surface area contributed by atoms with Crippen molar-refractivity contribution in [3.63, 3.8) is 0 Å². The Morgan fingerprint density at radius 2 is 1.55 bits per heavy atom. The maximum absolute atomic E-state index is 13.6. The summed E-state index contributed by atoms with van der Waals surface area (Å²) in [6.07, 6.45) is 0. The standard InChI is InChI=1S/C17H10F2O/c18-14-7-8-16(19)15(10-14)17(20)13-6-5-11-3-1-2-4-12(11)9-13/h1-10H. The fourth-order valence-electron chi connectivity index (χ4n) is 2.16.